The van der Waals surface area contributed by atoms with Gasteiger partial charge in [0.15, 0.2) is 0 Å². The summed E-state index contributed by atoms with van der Waals surface area (Å²) in [6.45, 7) is 2.19. The second-order valence-electron chi connectivity index (χ2n) is 7.63. The SMILES string of the molecule is COc1ccc([C@H]2[C@@H]3CN(C(=O)c4cc(F)cc(C#N)c4)C[C@@H]3CN2C)cc1. The first kappa shape index (κ1) is 18.5. The highest BCUT2D eigenvalue weighted by molar-refractivity contribution is 5.94. The maximum absolute atomic E-state index is 13.8. The summed E-state index contributed by atoms with van der Waals surface area (Å²) in [6.07, 6.45) is 0. The van der Waals surface area contributed by atoms with Crippen molar-refractivity contribution in [2.75, 3.05) is 33.8 Å². The molecule has 1 amide bonds. The van der Waals surface area contributed by atoms with E-state index in [4.69, 9.17) is 10.00 Å². The van der Waals surface area contributed by atoms with Crippen LogP contribution in [0.2, 0.25) is 0 Å². The van der Waals surface area contributed by atoms with E-state index in [0.29, 0.717) is 24.9 Å². The average Bonchev–Trinajstić information content (AvgIpc) is 3.23. The van der Waals surface area contributed by atoms with Crippen LogP contribution in [0.1, 0.15) is 27.5 Å². The van der Waals surface area contributed by atoms with Gasteiger partial charge < -0.3 is 9.64 Å². The summed E-state index contributed by atoms with van der Waals surface area (Å²) in [5.41, 5.74) is 1.62. The van der Waals surface area contributed by atoms with Crippen molar-refractivity contribution < 1.29 is 13.9 Å². The highest BCUT2D eigenvalue weighted by Gasteiger charge is 2.47. The number of nitrogens with zero attached hydrogens (tertiary/aromatic N) is 3. The number of halogens is 1. The minimum absolute atomic E-state index is 0.165. The number of nitriles is 1. The van der Waals surface area contributed by atoms with Crippen molar-refractivity contribution in [1.29, 1.82) is 5.26 Å². The molecule has 2 aliphatic heterocycles. The summed E-state index contributed by atoms with van der Waals surface area (Å²) in [4.78, 5) is 17.1. The van der Waals surface area contributed by atoms with Gasteiger partial charge in [-0.3, -0.25) is 9.69 Å². The monoisotopic (exact) mass is 379 g/mol. The Morgan fingerprint density at radius 3 is 2.61 bits per heavy atom. The van der Waals surface area contributed by atoms with Gasteiger partial charge in [-0.25, -0.2) is 4.39 Å². The number of hydrogen-bond donors (Lipinski definition) is 0. The van der Waals surface area contributed by atoms with Crippen molar-refractivity contribution in [3.63, 3.8) is 0 Å². The summed E-state index contributed by atoms with van der Waals surface area (Å²) < 4.78 is 19.0. The minimum atomic E-state index is -0.558. The molecule has 0 aliphatic carbocycles. The van der Waals surface area contributed by atoms with Gasteiger partial charge in [-0.1, -0.05) is 12.1 Å². The van der Waals surface area contributed by atoms with Gasteiger partial charge in [-0.05, 0) is 48.9 Å². The van der Waals surface area contributed by atoms with E-state index in [1.165, 1.54) is 17.7 Å². The Labute approximate surface area is 163 Å². The molecular formula is C22H22FN3O2. The van der Waals surface area contributed by atoms with Crippen molar-refractivity contribution >= 4 is 5.91 Å². The zero-order chi connectivity index (χ0) is 19.8. The van der Waals surface area contributed by atoms with E-state index in [0.717, 1.165) is 18.4 Å². The van der Waals surface area contributed by atoms with Crippen LogP contribution < -0.4 is 4.74 Å². The number of carbonyl (C=O) groups is 1. The Morgan fingerprint density at radius 1 is 1.18 bits per heavy atom. The van der Waals surface area contributed by atoms with Crippen LogP contribution in [0.4, 0.5) is 4.39 Å². The number of fused-ring (bicyclic) bond motifs is 1. The summed E-state index contributed by atoms with van der Waals surface area (Å²) >= 11 is 0. The number of likely N-dealkylation sites (tertiary alicyclic amines) is 2. The lowest BCUT2D eigenvalue weighted by molar-refractivity contribution is 0.0767. The first-order valence-electron chi connectivity index (χ1n) is 9.34. The minimum Gasteiger partial charge on any atom is -0.497 e. The molecule has 0 saturated carbocycles. The normalized spacial score (nSPS) is 24.1. The van der Waals surface area contributed by atoms with Crippen LogP contribution in [0.5, 0.6) is 5.75 Å². The molecule has 2 aromatic carbocycles. The van der Waals surface area contributed by atoms with E-state index in [9.17, 15) is 9.18 Å². The molecule has 0 unspecified atom stereocenters. The van der Waals surface area contributed by atoms with Gasteiger partial charge in [0, 0.05) is 37.2 Å². The van der Waals surface area contributed by atoms with E-state index in [2.05, 4.69) is 24.1 Å². The quantitative estimate of drug-likeness (QED) is 0.822. The third-order valence-electron chi connectivity index (χ3n) is 5.91. The number of amides is 1. The van der Waals surface area contributed by atoms with Gasteiger partial charge >= 0.3 is 0 Å². The standard InChI is InChI=1S/C22H22FN3O2/c1-25-11-17-12-26(22(27)16-7-14(10-24)8-18(23)9-16)13-20(17)21(25)15-3-5-19(28-2)6-4-15/h3-9,17,20-21H,11-13H2,1-2H3/t17-,20+,21-/m0/s1. The van der Waals surface area contributed by atoms with Crippen LogP contribution in [0.15, 0.2) is 42.5 Å². The molecular weight excluding hydrogens is 357 g/mol. The van der Waals surface area contributed by atoms with Crippen molar-refractivity contribution in [3.8, 4) is 11.8 Å². The van der Waals surface area contributed by atoms with E-state index >= 15 is 0 Å². The molecule has 2 saturated heterocycles. The van der Waals surface area contributed by atoms with Gasteiger partial charge in [0.05, 0.1) is 18.7 Å². The maximum Gasteiger partial charge on any atom is 0.254 e. The number of hydrogen-bond acceptors (Lipinski definition) is 4. The first-order valence-corrected chi connectivity index (χ1v) is 9.34. The van der Waals surface area contributed by atoms with Crippen LogP contribution in [0, 0.1) is 29.0 Å². The zero-order valence-corrected chi connectivity index (χ0v) is 15.9. The van der Waals surface area contributed by atoms with Crippen molar-refractivity contribution in [3.05, 3.63) is 65.0 Å². The molecule has 2 aromatic rings. The van der Waals surface area contributed by atoms with Crippen LogP contribution in [-0.4, -0.2) is 49.5 Å². The molecule has 5 nitrogen and oxygen atoms in total. The smallest absolute Gasteiger partial charge is 0.254 e. The molecule has 2 fully saturated rings. The predicted octanol–water partition coefficient (Wildman–Crippen LogP) is 3.08. The number of carbonyl (C=O) groups excluding carboxylic acids is 1. The molecule has 2 aliphatic rings. The molecule has 6 heteroatoms. The van der Waals surface area contributed by atoms with Gasteiger partial charge in [0.2, 0.25) is 0 Å². The Morgan fingerprint density at radius 2 is 1.93 bits per heavy atom. The van der Waals surface area contributed by atoms with Crippen LogP contribution in [-0.2, 0) is 0 Å². The second-order valence-corrected chi connectivity index (χ2v) is 7.63. The lowest BCUT2D eigenvalue weighted by atomic mass is 9.89. The van der Waals surface area contributed by atoms with E-state index in [1.807, 2.05) is 18.2 Å². The van der Waals surface area contributed by atoms with E-state index in [-0.39, 0.29) is 23.1 Å². The molecule has 2 heterocycles. The fourth-order valence-electron chi connectivity index (χ4n) is 4.69. The van der Waals surface area contributed by atoms with Crippen LogP contribution in [0.3, 0.4) is 0 Å². The Hall–Kier alpha value is -2.91. The third-order valence-corrected chi connectivity index (χ3v) is 5.91. The summed E-state index contributed by atoms with van der Waals surface area (Å²) in [5.74, 6) is 0.763. The molecule has 3 atom stereocenters. The molecule has 144 valence electrons. The Balaban J connectivity index is 1.55. The van der Waals surface area contributed by atoms with Gasteiger partial charge in [-0.2, -0.15) is 5.26 Å². The van der Waals surface area contributed by atoms with Crippen LogP contribution in [0.25, 0.3) is 0 Å². The fraction of sp³-hybridized carbons (Fsp3) is 0.364. The van der Waals surface area contributed by atoms with Crippen molar-refractivity contribution in [2.24, 2.45) is 11.8 Å². The van der Waals surface area contributed by atoms with E-state index < -0.39 is 5.82 Å². The molecule has 0 N–H and O–H groups in total. The van der Waals surface area contributed by atoms with Crippen molar-refractivity contribution in [2.45, 2.75) is 6.04 Å². The lowest BCUT2D eigenvalue weighted by Crippen LogP contribution is -2.33. The highest BCUT2D eigenvalue weighted by atomic mass is 19.1. The van der Waals surface area contributed by atoms with Crippen molar-refractivity contribution in [1.82, 2.24) is 9.80 Å². The van der Waals surface area contributed by atoms with Crippen LogP contribution >= 0.6 is 0 Å². The molecule has 0 aromatic heterocycles. The van der Waals surface area contributed by atoms with E-state index in [1.54, 1.807) is 12.0 Å². The fourth-order valence-corrected chi connectivity index (χ4v) is 4.69. The number of benzene rings is 2. The molecule has 28 heavy (non-hydrogen) atoms. The van der Waals surface area contributed by atoms with Gasteiger partial charge in [0.1, 0.15) is 11.6 Å². The molecule has 0 bridgehead atoms. The average molecular weight is 379 g/mol. The second kappa shape index (κ2) is 7.25. The summed E-state index contributed by atoms with van der Waals surface area (Å²) in [7, 11) is 3.77. The maximum atomic E-state index is 13.8. The summed E-state index contributed by atoms with van der Waals surface area (Å²) in [5, 5.41) is 9.04. The lowest BCUT2D eigenvalue weighted by Gasteiger charge is -2.27. The predicted molar refractivity (Wildman–Crippen MR) is 102 cm³/mol. The number of rotatable bonds is 3. The molecule has 0 spiro atoms. The summed E-state index contributed by atoms with van der Waals surface area (Å²) in [6, 6.07) is 14.1. The molecule has 4 rings (SSSR count). The largest absolute Gasteiger partial charge is 0.497 e. The number of methoxy groups -OCH3 is 1. The highest BCUT2D eigenvalue weighted by Crippen LogP contribution is 2.44. The topological polar surface area (TPSA) is 56.6 Å². The van der Waals surface area contributed by atoms with Gasteiger partial charge in [-0.15, -0.1) is 0 Å². The van der Waals surface area contributed by atoms with Gasteiger partial charge in [0.25, 0.3) is 5.91 Å². The number of ether oxygens (including phenoxy) is 1. The Bertz CT molecular complexity index is 938. The molecule has 0 radical (unpaired) electrons. The zero-order valence-electron chi connectivity index (χ0n) is 15.9. The Kier molecular flexibility index (Phi) is 4.78. The third kappa shape index (κ3) is 3.23. The first-order chi connectivity index (χ1) is 13.5.